The number of aromatic nitrogens is 2. The van der Waals surface area contributed by atoms with Gasteiger partial charge in [-0.15, -0.1) is 0 Å². The van der Waals surface area contributed by atoms with Crippen LogP contribution in [0, 0.1) is 6.92 Å². The quantitative estimate of drug-likeness (QED) is 0.715. The Kier molecular flexibility index (Phi) is 4.12. The number of anilines is 1. The summed E-state index contributed by atoms with van der Waals surface area (Å²) < 4.78 is 0. The topological polar surface area (TPSA) is 70.1 Å². The summed E-state index contributed by atoms with van der Waals surface area (Å²) >= 11 is 6.11. The third-order valence-corrected chi connectivity index (χ3v) is 4.69. The van der Waals surface area contributed by atoms with Gasteiger partial charge >= 0.3 is 0 Å². The molecule has 6 heteroatoms. The van der Waals surface area contributed by atoms with Gasteiger partial charge in [-0.2, -0.15) is 0 Å². The minimum atomic E-state index is 0.0325. The standard InChI is InChI=1S/C18H25ClN4O/c1-10-6-13-12(7-14(10)24)15(22-16(19)21-13)20-11-8-17(2,3)23-18(4,5)9-11/h6-7,11,23-24H,8-9H2,1-5H3,(H,20,21,22). The Hall–Kier alpha value is -1.59. The van der Waals surface area contributed by atoms with Gasteiger partial charge in [0.15, 0.2) is 0 Å². The van der Waals surface area contributed by atoms with Gasteiger partial charge in [0, 0.05) is 22.5 Å². The van der Waals surface area contributed by atoms with Gasteiger partial charge in [-0.3, -0.25) is 0 Å². The van der Waals surface area contributed by atoms with Crippen molar-refractivity contribution in [1.82, 2.24) is 15.3 Å². The van der Waals surface area contributed by atoms with E-state index in [1.807, 2.05) is 13.0 Å². The van der Waals surface area contributed by atoms with E-state index in [1.165, 1.54) is 0 Å². The second-order valence-electron chi connectivity index (χ2n) is 8.14. The van der Waals surface area contributed by atoms with Crippen LogP contribution in [0.3, 0.4) is 0 Å². The van der Waals surface area contributed by atoms with Crippen LogP contribution >= 0.6 is 11.6 Å². The fraction of sp³-hybridized carbons (Fsp3) is 0.556. The number of benzene rings is 1. The average molecular weight is 349 g/mol. The van der Waals surface area contributed by atoms with Gasteiger partial charge < -0.3 is 15.7 Å². The van der Waals surface area contributed by atoms with Crippen molar-refractivity contribution in [2.24, 2.45) is 0 Å². The minimum Gasteiger partial charge on any atom is -0.508 e. The van der Waals surface area contributed by atoms with Crippen molar-refractivity contribution in [2.45, 2.75) is 64.6 Å². The van der Waals surface area contributed by atoms with Crippen molar-refractivity contribution in [3.63, 3.8) is 0 Å². The molecule has 5 nitrogen and oxygen atoms in total. The molecule has 2 aromatic rings. The number of phenols is 1. The average Bonchev–Trinajstić information content (AvgIpc) is 2.37. The number of aryl methyl sites for hydroxylation is 1. The summed E-state index contributed by atoms with van der Waals surface area (Å²) in [6.45, 7) is 10.7. The number of rotatable bonds is 2. The zero-order valence-corrected chi connectivity index (χ0v) is 15.6. The summed E-state index contributed by atoms with van der Waals surface area (Å²) in [5, 5.41) is 18.3. The lowest BCUT2D eigenvalue weighted by Gasteiger charge is -2.46. The van der Waals surface area contributed by atoms with E-state index in [4.69, 9.17) is 11.6 Å². The molecule has 1 saturated heterocycles. The van der Waals surface area contributed by atoms with Crippen LogP contribution in [0.4, 0.5) is 5.82 Å². The zero-order valence-electron chi connectivity index (χ0n) is 14.9. The van der Waals surface area contributed by atoms with E-state index in [0.717, 1.165) is 29.3 Å². The van der Waals surface area contributed by atoms with Gasteiger partial charge in [0.1, 0.15) is 11.6 Å². The highest BCUT2D eigenvalue weighted by molar-refractivity contribution is 6.28. The highest BCUT2D eigenvalue weighted by Gasteiger charge is 2.37. The first kappa shape index (κ1) is 17.2. The number of hydrogen-bond donors (Lipinski definition) is 3. The Morgan fingerprint density at radius 2 is 1.79 bits per heavy atom. The van der Waals surface area contributed by atoms with Crippen molar-refractivity contribution in [2.75, 3.05) is 5.32 Å². The SMILES string of the molecule is Cc1cc2nc(Cl)nc(NC3CC(C)(C)NC(C)(C)C3)c2cc1O. The molecule has 0 radical (unpaired) electrons. The lowest BCUT2D eigenvalue weighted by molar-refractivity contribution is 0.170. The van der Waals surface area contributed by atoms with E-state index in [9.17, 15) is 5.11 Å². The molecular weight excluding hydrogens is 324 g/mol. The van der Waals surface area contributed by atoms with Crippen molar-refractivity contribution in [1.29, 1.82) is 0 Å². The largest absolute Gasteiger partial charge is 0.508 e. The summed E-state index contributed by atoms with van der Waals surface area (Å²) in [5.41, 5.74) is 1.57. The molecule has 0 unspecified atom stereocenters. The van der Waals surface area contributed by atoms with Crippen LogP contribution in [0.5, 0.6) is 5.75 Å². The summed E-state index contributed by atoms with van der Waals surface area (Å²) in [6, 6.07) is 3.80. The maximum absolute atomic E-state index is 10.1. The number of halogens is 1. The van der Waals surface area contributed by atoms with Gasteiger partial charge in [-0.05, 0) is 76.8 Å². The van der Waals surface area contributed by atoms with Crippen LogP contribution in [0.25, 0.3) is 10.9 Å². The Morgan fingerprint density at radius 1 is 1.17 bits per heavy atom. The highest BCUT2D eigenvalue weighted by Crippen LogP contribution is 2.33. The second-order valence-corrected chi connectivity index (χ2v) is 8.48. The summed E-state index contributed by atoms with van der Waals surface area (Å²) in [5.74, 6) is 0.918. The van der Waals surface area contributed by atoms with Crippen LogP contribution in [-0.2, 0) is 0 Å². The van der Waals surface area contributed by atoms with E-state index in [0.29, 0.717) is 5.82 Å². The highest BCUT2D eigenvalue weighted by atomic mass is 35.5. The fourth-order valence-corrected chi connectivity index (χ4v) is 4.14. The molecule has 24 heavy (non-hydrogen) atoms. The van der Waals surface area contributed by atoms with Crippen LogP contribution in [0.15, 0.2) is 12.1 Å². The van der Waals surface area contributed by atoms with Gasteiger partial charge in [0.25, 0.3) is 0 Å². The van der Waals surface area contributed by atoms with Crippen LogP contribution in [-0.4, -0.2) is 32.2 Å². The number of hydrogen-bond acceptors (Lipinski definition) is 5. The Bertz CT molecular complexity index is 772. The maximum atomic E-state index is 10.1. The lowest BCUT2D eigenvalue weighted by atomic mass is 9.79. The number of piperidine rings is 1. The van der Waals surface area contributed by atoms with E-state index in [-0.39, 0.29) is 28.2 Å². The Balaban J connectivity index is 1.99. The van der Waals surface area contributed by atoms with E-state index in [1.54, 1.807) is 6.07 Å². The molecule has 1 aliphatic rings. The van der Waals surface area contributed by atoms with Crippen LogP contribution in [0.2, 0.25) is 5.28 Å². The third-order valence-electron chi connectivity index (χ3n) is 4.52. The lowest BCUT2D eigenvalue weighted by Crippen LogP contribution is -2.60. The molecule has 2 heterocycles. The van der Waals surface area contributed by atoms with Gasteiger partial charge in [-0.25, -0.2) is 9.97 Å². The molecule has 1 fully saturated rings. The summed E-state index contributed by atoms with van der Waals surface area (Å²) in [4.78, 5) is 8.65. The van der Waals surface area contributed by atoms with Gasteiger partial charge in [0.2, 0.25) is 5.28 Å². The Morgan fingerprint density at radius 3 is 2.42 bits per heavy atom. The molecule has 130 valence electrons. The molecule has 0 atom stereocenters. The predicted molar refractivity (Wildman–Crippen MR) is 98.9 cm³/mol. The molecule has 3 rings (SSSR count). The normalized spacial score (nSPS) is 20.2. The minimum absolute atomic E-state index is 0.0325. The molecule has 0 spiro atoms. The number of phenolic OH excluding ortho intramolecular Hbond substituents is 1. The van der Waals surface area contributed by atoms with Crippen molar-refractivity contribution >= 4 is 28.3 Å². The van der Waals surface area contributed by atoms with Crippen LogP contribution < -0.4 is 10.6 Å². The monoisotopic (exact) mass is 348 g/mol. The molecule has 3 N–H and O–H groups in total. The molecule has 0 bridgehead atoms. The number of aromatic hydroxyl groups is 1. The first-order valence-corrected chi connectivity index (χ1v) is 8.65. The summed E-state index contributed by atoms with van der Waals surface area (Å²) in [6.07, 6.45) is 1.94. The molecule has 0 saturated carbocycles. The Labute approximate surface area is 147 Å². The van der Waals surface area contributed by atoms with E-state index < -0.39 is 0 Å². The van der Waals surface area contributed by atoms with Gasteiger partial charge in [-0.1, -0.05) is 0 Å². The summed E-state index contributed by atoms with van der Waals surface area (Å²) in [7, 11) is 0. The number of nitrogens with one attached hydrogen (secondary N) is 2. The molecule has 0 amide bonds. The van der Waals surface area contributed by atoms with Crippen molar-refractivity contribution in [3.05, 3.63) is 23.0 Å². The smallest absolute Gasteiger partial charge is 0.224 e. The maximum Gasteiger partial charge on any atom is 0.224 e. The third kappa shape index (κ3) is 3.57. The zero-order chi connectivity index (χ0) is 17.7. The van der Waals surface area contributed by atoms with E-state index >= 15 is 0 Å². The van der Waals surface area contributed by atoms with Crippen LogP contribution in [0.1, 0.15) is 46.1 Å². The first-order valence-electron chi connectivity index (χ1n) is 8.27. The number of fused-ring (bicyclic) bond motifs is 1. The van der Waals surface area contributed by atoms with Crippen molar-refractivity contribution < 1.29 is 5.11 Å². The van der Waals surface area contributed by atoms with Crippen molar-refractivity contribution in [3.8, 4) is 5.75 Å². The molecule has 1 aromatic heterocycles. The van der Waals surface area contributed by atoms with E-state index in [2.05, 4.69) is 48.3 Å². The molecule has 1 aromatic carbocycles. The molecule has 1 aliphatic heterocycles. The molecular formula is C18H25ClN4O. The predicted octanol–water partition coefficient (Wildman–Crippen LogP) is 4.02. The second kappa shape index (κ2) is 5.74. The first-order chi connectivity index (χ1) is 11.0. The molecule has 0 aliphatic carbocycles. The van der Waals surface area contributed by atoms with Gasteiger partial charge in [0.05, 0.1) is 5.52 Å². The number of nitrogens with zero attached hydrogens (tertiary/aromatic N) is 2. The fourth-order valence-electron chi connectivity index (χ4n) is 3.97.